The Morgan fingerprint density at radius 1 is 0.682 bits per heavy atom. The van der Waals surface area contributed by atoms with Crippen molar-refractivity contribution in [2.75, 3.05) is 40.1 Å². The molecule has 22 heavy (non-hydrogen) atoms. The maximum atomic E-state index is 5.70. The Hall–Kier alpha value is -0.120. The van der Waals surface area contributed by atoms with Gasteiger partial charge in [0, 0.05) is 13.7 Å². The lowest BCUT2D eigenvalue weighted by atomic mass is 9.83. The second-order valence-corrected chi connectivity index (χ2v) is 6.54. The standard InChI is InChI=1S/C19H40O3/c1-6-17(4)15-19(8-3)16-18(7-2)9-10-21-13-14-22-12-11-20-5/h17-19H,6-16H2,1-5H3. The molecule has 0 bridgehead atoms. The largest absolute Gasteiger partial charge is 0.382 e. The summed E-state index contributed by atoms with van der Waals surface area (Å²) in [7, 11) is 1.69. The van der Waals surface area contributed by atoms with Crippen LogP contribution in [0.4, 0.5) is 0 Å². The summed E-state index contributed by atoms with van der Waals surface area (Å²) in [4.78, 5) is 0. The highest BCUT2D eigenvalue weighted by atomic mass is 16.5. The molecule has 0 aromatic carbocycles. The summed E-state index contributed by atoms with van der Waals surface area (Å²) in [5.74, 6) is 2.56. The fraction of sp³-hybridized carbons (Fsp3) is 1.00. The first-order valence-corrected chi connectivity index (χ1v) is 9.32. The zero-order chi connectivity index (χ0) is 16.6. The minimum atomic E-state index is 0.658. The molecule has 0 heterocycles. The van der Waals surface area contributed by atoms with E-state index in [0.717, 1.165) is 24.4 Å². The van der Waals surface area contributed by atoms with Crippen LogP contribution in [0.5, 0.6) is 0 Å². The Labute approximate surface area is 139 Å². The number of hydrogen-bond donors (Lipinski definition) is 0. The van der Waals surface area contributed by atoms with Crippen molar-refractivity contribution in [1.82, 2.24) is 0 Å². The van der Waals surface area contributed by atoms with Crippen LogP contribution in [0.15, 0.2) is 0 Å². The fourth-order valence-corrected chi connectivity index (χ4v) is 2.84. The topological polar surface area (TPSA) is 27.7 Å². The molecule has 0 aromatic heterocycles. The summed E-state index contributed by atoms with van der Waals surface area (Å²) in [5.41, 5.74) is 0. The first kappa shape index (κ1) is 21.9. The lowest BCUT2D eigenvalue weighted by Gasteiger charge is -2.24. The van der Waals surface area contributed by atoms with Gasteiger partial charge in [-0.2, -0.15) is 0 Å². The molecule has 0 aromatic rings. The van der Waals surface area contributed by atoms with Gasteiger partial charge >= 0.3 is 0 Å². The average molecular weight is 317 g/mol. The maximum absolute atomic E-state index is 5.70. The van der Waals surface area contributed by atoms with Crippen LogP contribution in [0.3, 0.4) is 0 Å². The van der Waals surface area contributed by atoms with Gasteiger partial charge in [-0.05, 0) is 37.0 Å². The molecule has 0 rings (SSSR count). The normalized spacial score (nSPS) is 15.7. The monoisotopic (exact) mass is 316 g/mol. The molecule has 0 spiro atoms. The molecule has 0 aliphatic carbocycles. The van der Waals surface area contributed by atoms with E-state index in [0.29, 0.717) is 26.4 Å². The molecule has 0 N–H and O–H groups in total. The Balaban J connectivity index is 3.72. The summed E-state index contributed by atoms with van der Waals surface area (Å²) < 4.78 is 16.0. The third kappa shape index (κ3) is 12.4. The molecule has 3 heteroatoms. The van der Waals surface area contributed by atoms with Gasteiger partial charge in [0.05, 0.1) is 26.4 Å². The van der Waals surface area contributed by atoms with E-state index in [4.69, 9.17) is 14.2 Å². The molecule has 3 unspecified atom stereocenters. The number of hydrogen-bond acceptors (Lipinski definition) is 3. The van der Waals surface area contributed by atoms with Gasteiger partial charge in [-0.3, -0.25) is 0 Å². The summed E-state index contributed by atoms with van der Waals surface area (Å²) in [6.07, 6.45) is 7.83. The molecule has 0 fully saturated rings. The molecule has 3 atom stereocenters. The van der Waals surface area contributed by atoms with E-state index in [-0.39, 0.29) is 0 Å². The second kappa shape index (κ2) is 15.8. The van der Waals surface area contributed by atoms with Crippen LogP contribution in [-0.2, 0) is 14.2 Å². The van der Waals surface area contributed by atoms with Crippen molar-refractivity contribution in [3.8, 4) is 0 Å². The number of methoxy groups -OCH3 is 1. The smallest absolute Gasteiger partial charge is 0.0701 e. The number of ether oxygens (including phenoxy) is 3. The van der Waals surface area contributed by atoms with Crippen molar-refractivity contribution in [3.05, 3.63) is 0 Å². The van der Waals surface area contributed by atoms with Gasteiger partial charge in [-0.25, -0.2) is 0 Å². The molecular weight excluding hydrogens is 276 g/mol. The predicted molar refractivity (Wildman–Crippen MR) is 94.4 cm³/mol. The van der Waals surface area contributed by atoms with E-state index in [9.17, 15) is 0 Å². The third-order valence-electron chi connectivity index (χ3n) is 4.73. The van der Waals surface area contributed by atoms with Crippen LogP contribution in [-0.4, -0.2) is 40.1 Å². The van der Waals surface area contributed by atoms with Crippen LogP contribution in [0, 0.1) is 17.8 Å². The minimum absolute atomic E-state index is 0.658. The lowest BCUT2D eigenvalue weighted by molar-refractivity contribution is 0.0210. The fourth-order valence-electron chi connectivity index (χ4n) is 2.84. The zero-order valence-corrected chi connectivity index (χ0v) is 15.7. The lowest BCUT2D eigenvalue weighted by Crippen LogP contribution is -2.14. The van der Waals surface area contributed by atoms with Crippen LogP contribution in [0.25, 0.3) is 0 Å². The van der Waals surface area contributed by atoms with Gasteiger partial charge in [0.2, 0.25) is 0 Å². The van der Waals surface area contributed by atoms with Crippen LogP contribution < -0.4 is 0 Å². The van der Waals surface area contributed by atoms with Crippen molar-refractivity contribution in [2.24, 2.45) is 17.8 Å². The summed E-state index contributed by atoms with van der Waals surface area (Å²) >= 11 is 0. The van der Waals surface area contributed by atoms with E-state index in [1.54, 1.807) is 7.11 Å². The van der Waals surface area contributed by atoms with Gasteiger partial charge in [0.25, 0.3) is 0 Å². The summed E-state index contributed by atoms with van der Waals surface area (Å²) in [6.45, 7) is 12.9. The molecule has 0 amide bonds. The first-order chi connectivity index (χ1) is 10.7. The molecule has 0 aliphatic heterocycles. The van der Waals surface area contributed by atoms with Crippen LogP contribution in [0.1, 0.15) is 66.2 Å². The molecular formula is C19H40O3. The van der Waals surface area contributed by atoms with Crippen molar-refractivity contribution in [1.29, 1.82) is 0 Å². The Bertz CT molecular complexity index is 221. The summed E-state index contributed by atoms with van der Waals surface area (Å²) in [6, 6.07) is 0. The van der Waals surface area contributed by atoms with E-state index in [1.807, 2.05) is 0 Å². The average Bonchev–Trinajstić information content (AvgIpc) is 2.54. The van der Waals surface area contributed by atoms with Gasteiger partial charge in [0.15, 0.2) is 0 Å². The molecule has 0 aliphatic rings. The van der Waals surface area contributed by atoms with Gasteiger partial charge in [0.1, 0.15) is 0 Å². The van der Waals surface area contributed by atoms with Crippen LogP contribution >= 0.6 is 0 Å². The Kier molecular flexibility index (Phi) is 15.7. The highest BCUT2D eigenvalue weighted by Crippen LogP contribution is 2.27. The molecule has 0 radical (unpaired) electrons. The zero-order valence-electron chi connectivity index (χ0n) is 15.7. The molecule has 0 saturated carbocycles. The highest BCUT2D eigenvalue weighted by molar-refractivity contribution is 4.67. The molecule has 0 saturated heterocycles. The van der Waals surface area contributed by atoms with Crippen molar-refractivity contribution >= 4 is 0 Å². The van der Waals surface area contributed by atoms with Gasteiger partial charge in [-0.1, -0.05) is 47.0 Å². The maximum Gasteiger partial charge on any atom is 0.0701 e. The number of rotatable bonds is 16. The van der Waals surface area contributed by atoms with E-state index < -0.39 is 0 Å². The highest BCUT2D eigenvalue weighted by Gasteiger charge is 2.16. The first-order valence-electron chi connectivity index (χ1n) is 9.32. The quantitative estimate of drug-likeness (QED) is 0.378. The second-order valence-electron chi connectivity index (χ2n) is 6.54. The predicted octanol–water partition coefficient (Wildman–Crippen LogP) is 4.93. The third-order valence-corrected chi connectivity index (χ3v) is 4.73. The van der Waals surface area contributed by atoms with E-state index in [2.05, 4.69) is 27.7 Å². The Morgan fingerprint density at radius 2 is 1.27 bits per heavy atom. The van der Waals surface area contributed by atoms with Crippen molar-refractivity contribution in [2.45, 2.75) is 66.2 Å². The van der Waals surface area contributed by atoms with Gasteiger partial charge < -0.3 is 14.2 Å². The minimum Gasteiger partial charge on any atom is -0.382 e. The van der Waals surface area contributed by atoms with E-state index >= 15 is 0 Å². The molecule has 3 nitrogen and oxygen atoms in total. The van der Waals surface area contributed by atoms with Gasteiger partial charge in [-0.15, -0.1) is 0 Å². The van der Waals surface area contributed by atoms with E-state index in [1.165, 1.54) is 38.5 Å². The van der Waals surface area contributed by atoms with Crippen molar-refractivity contribution in [3.63, 3.8) is 0 Å². The van der Waals surface area contributed by atoms with Crippen LogP contribution in [0.2, 0.25) is 0 Å². The molecule has 134 valence electrons. The SMILES string of the molecule is CCC(C)CC(CC)CC(CC)CCOCCOCCOC. The summed E-state index contributed by atoms with van der Waals surface area (Å²) in [5, 5.41) is 0. The van der Waals surface area contributed by atoms with Crippen molar-refractivity contribution < 1.29 is 14.2 Å². The Morgan fingerprint density at radius 3 is 1.82 bits per heavy atom.